The molecule has 0 bridgehead atoms. The fraction of sp³-hybridized carbons (Fsp3) is 0.545. The molecule has 0 heterocycles. The molecular formula is C22H31NO11. The molecule has 3 unspecified atom stereocenters. The molecule has 0 aromatic heterocycles. The van der Waals surface area contributed by atoms with Crippen molar-refractivity contribution in [3.8, 4) is 11.5 Å². The number of methoxy groups -OCH3 is 2. The number of rotatable bonds is 10. The van der Waals surface area contributed by atoms with E-state index < -0.39 is 42.3 Å². The van der Waals surface area contributed by atoms with E-state index in [-0.39, 0.29) is 30.1 Å². The van der Waals surface area contributed by atoms with Gasteiger partial charge in [-0.15, -0.1) is 0 Å². The Labute approximate surface area is 197 Å². The third-order valence-corrected chi connectivity index (χ3v) is 5.04. The Morgan fingerprint density at radius 3 is 1.97 bits per heavy atom. The molecule has 34 heavy (non-hydrogen) atoms. The molecule has 0 saturated heterocycles. The first-order valence-corrected chi connectivity index (χ1v) is 10.4. The van der Waals surface area contributed by atoms with Gasteiger partial charge >= 0.3 is 24.4 Å². The van der Waals surface area contributed by atoms with E-state index in [1.807, 2.05) is 13.8 Å². The first-order valence-electron chi connectivity index (χ1n) is 10.4. The molecule has 4 atom stereocenters. The Morgan fingerprint density at radius 2 is 1.47 bits per heavy atom. The van der Waals surface area contributed by atoms with Crippen LogP contribution in [0, 0.1) is 11.8 Å². The van der Waals surface area contributed by atoms with Gasteiger partial charge in [0.1, 0.15) is 12.1 Å². The van der Waals surface area contributed by atoms with Crippen molar-refractivity contribution in [2.45, 2.75) is 45.8 Å². The average Bonchev–Trinajstić information content (AvgIpc) is 2.78. The van der Waals surface area contributed by atoms with Crippen LogP contribution in [0.2, 0.25) is 0 Å². The summed E-state index contributed by atoms with van der Waals surface area (Å²) in [6.45, 7) is 6.91. The van der Waals surface area contributed by atoms with Gasteiger partial charge in [-0.3, -0.25) is 4.79 Å². The molecule has 1 rings (SSSR count). The number of carbonyl (C=O) groups excluding carboxylic acids is 3. The zero-order chi connectivity index (χ0) is 26.0. The van der Waals surface area contributed by atoms with Gasteiger partial charge in [0.15, 0.2) is 11.5 Å². The van der Waals surface area contributed by atoms with E-state index in [0.717, 1.165) is 14.2 Å². The van der Waals surface area contributed by atoms with Crippen LogP contribution in [0.5, 0.6) is 11.5 Å². The van der Waals surface area contributed by atoms with Gasteiger partial charge in [-0.1, -0.05) is 26.8 Å². The van der Waals surface area contributed by atoms with Crippen LogP contribution < -0.4 is 15.2 Å². The fourth-order valence-electron chi connectivity index (χ4n) is 2.83. The summed E-state index contributed by atoms with van der Waals surface area (Å²) < 4.78 is 29.2. The van der Waals surface area contributed by atoms with Crippen molar-refractivity contribution < 1.29 is 52.7 Å². The second kappa shape index (κ2) is 13.2. The maximum Gasteiger partial charge on any atom is 0.513 e. The maximum absolute atomic E-state index is 12.0. The highest BCUT2D eigenvalue weighted by Crippen LogP contribution is 2.36. The lowest BCUT2D eigenvalue weighted by molar-refractivity contribution is -0.139. The largest absolute Gasteiger partial charge is 0.513 e. The van der Waals surface area contributed by atoms with E-state index in [4.69, 9.17) is 24.7 Å². The summed E-state index contributed by atoms with van der Waals surface area (Å²) in [7, 11) is 2.17. The lowest BCUT2D eigenvalue weighted by Gasteiger charge is -2.28. The summed E-state index contributed by atoms with van der Waals surface area (Å²) in [5, 5.41) is 9.53. The molecular weight excluding hydrogens is 454 g/mol. The first-order chi connectivity index (χ1) is 15.9. The second-order valence-electron chi connectivity index (χ2n) is 7.81. The van der Waals surface area contributed by atoms with Gasteiger partial charge in [0.25, 0.3) is 0 Å². The van der Waals surface area contributed by atoms with E-state index in [0.29, 0.717) is 5.56 Å². The third kappa shape index (κ3) is 8.43. The number of carboxylic acids is 1. The highest BCUT2D eigenvalue weighted by molar-refractivity contribution is 5.75. The highest BCUT2D eigenvalue weighted by atomic mass is 16.7. The number of carboxylic acid groups (broad SMARTS) is 1. The molecule has 0 radical (unpaired) electrons. The quantitative estimate of drug-likeness (QED) is 0.282. The lowest BCUT2D eigenvalue weighted by Crippen LogP contribution is -2.40. The standard InChI is InChI=1S/C22H31NO11/c1-11(2)13(4)32-22(28)31-10-12(3)17(18(23)19(24)25)14-7-8-15(33-20(26)29-5)16(9-14)34-21(27)30-6/h7-9,11-13,17-18H,10,23H2,1-6H3,(H,24,25)/t12?,13?,17?,18-/m0/s1. The number of carbonyl (C=O) groups is 4. The van der Waals surface area contributed by atoms with E-state index in [1.165, 1.54) is 18.2 Å². The summed E-state index contributed by atoms with van der Waals surface area (Å²) >= 11 is 0. The summed E-state index contributed by atoms with van der Waals surface area (Å²) in [6, 6.07) is 2.57. The van der Waals surface area contributed by atoms with E-state index in [1.54, 1.807) is 13.8 Å². The Hall–Kier alpha value is -3.54. The number of benzene rings is 1. The van der Waals surface area contributed by atoms with Crippen LogP contribution in [-0.4, -0.2) is 62.5 Å². The molecule has 0 saturated carbocycles. The summed E-state index contributed by atoms with van der Waals surface area (Å²) in [5.41, 5.74) is 6.24. The van der Waals surface area contributed by atoms with Crippen LogP contribution in [0.3, 0.4) is 0 Å². The molecule has 0 amide bonds. The summed E-state index contributed by atoms with van der Waals surface area (Å²) in [4.78, 5) is 46.8. The minimum Gasteiger partial charge on any atom is -0.480 e. The second-order valence-corrected chi connectivity index (χ2v) is 7.81. The van der Waals surface area contributed by atoms with Crippen LogP contribution in [-0.2, 0) is 23.7 Å². The van der Waals surface area contributed by atoms with E-state index in [9.17, 15) is 24.3 Å². The van der Waals surface area contributed by atoms with Gasteiger partial charge in [0.05, 0.1) is 20.8 Å². The van der Waals surface area contributed by atoms with Crippen LogP contribution in [0.1, 0.15) is 39.2 Å². The Bertz CT molecular complexity index is 870. The van der Waals surface area contributed by atoms with Gasteiger partial charge in [-0.2, -0.15) is 0 Å². The first kappa shape index (κ1) is 28.5. The molecule has 1 aromatic carbocycles. The average molecular weight is 485 g/mol. The summed E-state index contributed by atoms with van der Waals surface area (Å²) in [5.74, 6) is -3.16. The third-order valence-electron chi connectivity index (χ3n) is 5.04. The van der Waals surface area contributed by atoms with Gasteiger partial charge in [0, 0.05) is 5.92 Å². The molecule has 0 aliphatic carbocycles. The zero-order valence-corrected chi connectivity index (χ0v) is 19.9. The van der Waals surface area contributed by atoms with Crippen LogP contribution >= 0.6 is 0 Å². The Balaban J connectivity index is 3.23. The molecule has 3 N–H and O–H groups in total. The van der Waals surface area contributed by atoms with E-state index >= 15 is 0 Å². The minimum absolute atomic E-state index is 0.0807. The smallest absolute Gasteiger partial charge is 0.480 e. The van der Waals surface area contributed by atoms with Crippen LogP contribution in [0.15, 0.2) is 18.2 Å². The number of hydrogen-bond donors (Lipinski definition) is 2. The Morgan fingerprint density at radius 1 is 0.912 bits per heavy atom. The lowest BCUT2D eigenvalue weighted by atomic mass is 9.82. The fourth-order valence-corrected chi connectivity index (χ4v) is 2.83. The highest BCUT2D eigenvalue weighted by Gasteiger charge is 2.33. The van der Waals surface area contributed by atoms with Crippen molar-refractivity contribution in [1.82, 2.24) is 0 Å². The van der Waals surface area contributed by atoms with Crippen molar-refractivity contribution in [1.29, 1.82) is 0 Å². The molecule has 0 aliphatic heterocycles. The van der Waals surface area contributed by atoms with Crippen molar-refractivity contribution in [2.75, 3.05) is 20.8 Å². The predicted octanol–water partition coefficient (Wildman–Crippen LogP) is 3.31. The number of hydrogen-bond acceptors (Lipinski definition) is 11. The topological polar surface area (TPSA) is 170 Å². The van der Waals surface area contributed by atoms with Gasteiger partial charge in [-0.25, -0.2) is 14.4 Å². The van der Waals surface area contributed by atoms with Crippen LogP contribution in [0.25, 0.3) is 0 Å². The predicted molar refractivity (Wildman–Crippen MR) is 117 cm³/mol. The van der Waals surface area contributed by atoms with Gasteiger partial charge < -0.3 is 39.3 Å². The van der Waals surface area contributed by atoms with E-state index in [2.05, 4.69) is 9.47 Å². The molecule has 190 valence electrons. The molecule has 0 aliphatic rings. The normalized spacial score (nSPS) is 14.2. The molecule has 1 aromatic rings. The number of ether oxygens (including phenoxy) is 6. The monoisotopic (exact) mass is 485 g/mol. The van der Waals surface area contributed by atoms with Crippen molar-refractivity contribution in [3.05, 3.63) is 23.8 Å². The zero-order valence-electron chi connectivity index (χ0n) is 19.9. The maximum atomic E-state index is 12.0. The summed E-state index contributed by atoms with van der Waals surface area (Å²) in [6.07, 6.45) is -3.45. The van der Waals surface area contributed by atoms with Crippen molar-refractivity contribution in [3.63, 3.8) is 0 Å². The minimum atomic E-state index is -1.41. The molecule has 0 fully saturated rings. The van der Waals surface area contributed by atoms with Crippen molar-refractivity contribution >= 4 is 24.4 Å². The van der Waals surface area contributed by atoms with Crippen molar-refractivity contribution in [2.24, 2.45) is 17.6 Å². The molecule has 12 heteroatoms. The van der Waals surface area contributed by atoms with Crippen LogP contribution in [0.4, 0.5) is 14.4 Å². The van der Waals surface area contributed by atoms with Gasteiger partial charge in [-0.05, 0) is 36.5 Å². The Kier molecular flexibility index (Phi) is 11.1. The van der Waals surface area contributed by atoms with Gasteiger partial charge in [0.2, 0.25) is 0 Å². The SMILES string of the molecule is COC(=O)Oc1ccc(C(C(C)COC(=O)OC(C)C(C)C)[C@H](N)C(=O)O)cc1OC(=O)OC. The number of aliphatic carboxylic acids is 1. The molecule has 12 nitrogen and oxygen atoms in total. The number of nitrogens with two attached hydrogens (primary N) is 1. The molecule has 0 spiro atoms.